The molecule has 3 nitrogen and oxygen atoms in total. The van der Waals surface area contributed by atoms with E-state index in [2.05, 4.69) is 20.7 Å². The van der Waals surface area contributed by atoms with Crippen molar-refractivity contribution < 1.29 is 14.3 Å². The molecular formula is C6H11BrO3. The topological polar surface area (TPSA) is 35.5 Å². The average molecular weight is 211 g/mol. The Hall–Kier alpha value is -0.0900. The van der Waals surface area contributed by atoms with E-state index in [9.17, 15) is 4.79 Å². The van der Waals surface area contributed by atoms with E-state index in [-0.39, 0.29) is 5.97 Å². The molecule has 0 saturated carbocycles. The van der Waals surface area contributed by atoms with E-state index in [0.29, 0.717) is 19.8 Å². The molecule has 0 aliphatic carbocycles. The van der Waals surface area contributed by atoms with E-state index >= 15 is 0 Å². The molecule has 0 rings (SSSR count). The first-order chi connectivity index (χ1) is 4.77. The van der Waals surface area contributed by atoms with Gasteiger partial charge in [-0.3, -0.25) is 4.79 Å². The number of carbonyl (C=O) groups is 1. The second kappa shape index (κ2) is 7.02. The van der Waals surface area contributed by atoms with Gasteiger partial charge in [0.1, 0.15) is 6.61 Å². The minimum absolute atomic E-state index is 0.262. The van der Waals surface area contributed by atoms with Crippen molar-refractivity contribution in [3.05, 3.63) is 0 Å². The van der Waals surface area contributed by atoms with Crippen LogP contribution in [0.3, 0.4) is 0 Å². The summed E-state index contributed by atoms with van der Waals surface area (Å²) in [5, 5.41) is 0.813. The highest BCUT2D eigenvalue weighted by molar-refractivity contribution is 9.09. The number of carbonyl (C=O) groups excluding carboxylic acids is 1. The van der Waals surface area contributed by atoms with Gasteiger partial charge in [0, 0.05) is 12.3 Å². The number of halogens is 1. The second-order valence-electron chi connectivity index (χ2n) is 1.64. The molecule has 0 aromatic rings. The van der Waals surface area contributed by atoms with Gasteiger partial charge in [-0.2, -0.15) is 0 Å². The minimum atomic E-state index is -0.262. The van der Waals surface area contributed by atoms with Crippen molar-refractivity contribution in [2.75, 3.05) is 25.2 Å². The zero-order chi connectivity index (χ0) is 7.82. The van der Waals surface area contributed by atoms with E-state index in [4.69, 9.17) is 4.74 Å². The zero-order valence-corrected chi connectivity index (χ0v) is 7.52. The van der Waals surface area contributed by atoms with Crippen molar-refractivity contribution in [3.8, 4) is 0 Å². The summed E-state index contributed by atoms with van der Waals surface area (Å²) in [4.78, 5) is 10.2. The first kappa shape index (κ1) is 9.91. The number of ether oxygens (including phenoxy) is 2. The van der Waals surface area contributed by atoms with E-state index in [1.165, 1.54) is 6.92 Å². The van der Waals surface area contributed by atoms with Crippen LogP contribution >= 0.6 is 15.9 Å². The average Bonchev–Trinajstić information content (AvgIpc) is 1.87. The van der Waals surface area contributed by atoms with Crippen LogP contribution in [0.15, 0.2) is 0 Å². The molecule has 0 atom stereocenters. The third-order valence-corrected chi connectivity index (χ3v) is 1.08. The molecule has 4 heteroatoms. The fourth-order valence-electron chi connectivity index (χ4n) is 0.401. The van der Waals surface area contributed by atoms with E-state index in [0.717, 1.165) is 5.33 Å². The van der Waals surface area contributed by atoms with Gasteiger partial charge in [0.05, 0.1) is 13.2 Å². The van der Waals surface area contributed by atoms with Gasteiger partial charge in [0.2, 0.25) is 0 Å². The molecule has 0 saturated heterocycles. The van der Waals surface area contributed by atoms with Crippen molar-refractivity contribution in [1.82, 2.24) is 0 Å². The lowest BCUT2D eigenvalue weighted by Crippen LogP contribution is -2.08. The molecular weight excluding hydrogens is 200 g/mol. The Morgan fingerprint density at radius 2 is 2.10 bits per heavy atom. The Kier molecular flexibility index (Phi) is 6.96. The molecule has 0 amide bonds. The van der Waals surface area contributed by atoms with Crippen molar-refractivity contribution in [2.24, 2.45) is 0 Å². The zero-order valence-electron chi connectivity index (χ0n) is 5.93. The lowest BCUT2D eigenvalue weighted by Gasteiger charge is -2.01. The maximum Gasteiger partial charge on any atom is 0.302 e. The maximum atomic E-state index is 10.2. The van der Waals surface area contributed by atoms with Crippen LogP contribution in [0.4, 0.5) is 0 Å². The molecule has 0 spiro atoms. The fraction of sp³-hybridized carbons (Fsp3) is 0.833. The Morgan fingerprint density at radius 1 is 1.40 bits per heavy atom. The van der Waals surface area contributed by atoms with Crippen molar-refractivity contribution in [1.29, 1.82) is 0 Å². The Morgan fingerprint density at radius 3 is 2.60 bits per heavy atom. The molecule has 10 heavy (non-hydrogen) atoms. The molecule has 0 fully saturated rings. The highest BCUT2D eigenvalue weighted by Crippen LogP contribution is 1.82. The number of esters is 1. The van der Waals surface area contributed by atoms with Crippen LogP contribution in [-0.2, 0) is 14.3 Å². The second-order valence-corrected chi connectivity index (χ2v) is 2.43. The van der Waals surface area contributed by atoms with Crippen molar-refractivity contribution >= 4 is 21.9 Å². The van der Waals surface area contributed by atoms with Crippen molar-refractivity contribution in [2.45, 2.75) is 6.92 Å². The minimum Gasteiger partial charge on any atom is -0.463 e. The van der Waals surface area contributed by atoms with Crippen LogP contribution in [0.2, 0.25) is 0 Å². The molecule has 0 unspecified atom stereocenters. The molecule has 0 aromatic heterocycles. The maximum absolute atomic E-state index is 10.2. The van der Waals surface area contributed by atoms with Gasteiger partial charge in [-0.15, -0.1) is 0 Å². The van der Waals surface area contributed by atoms with Crippen LogP contribution in [0.25, 0.3) is 0 Å². The summed E-state index contributed by atoms with van der Waals surface area (Å²) < 4.78 is 9.62. The predicted octanol–water partition coefficient (Wildman–Crippen LogP) is 0.961. The van der Waals surface area contributed by atoms with E-state index in [1.54, 1.807) is 0 Å². The molecule has 0 heterocycles. The molecule has 0 aromatic carbocycles. The molecule has 0 aliphatic rings. The standard InChI is InChI=1S/C6H11BrO3/c1-6(8)10-5-4-9-3-2-7/h2-5H2,1H3. The smallest absolute Gasteiger partial charge is 0.302 e. The van der Waals surface area contributed by atoms with Crippen LogP contribution < -0.4 is 0 Å². The first-order valence-corrected chi connectivity index (χ1v) is 4.16. The van der Waals surface area contributed by atoms with E-state index < -0.39 is 0 Å². The summed E-state index contributed by atoms with van der Waals surface area (Å²) in [6.07, 6.45) is 0. The molecule has 0 N–H and O–H groups in total. The Labute approximate surface area is 68.8 Å². The van der Waals surface area contributed by atoms with Gasteiger partial charge in [0.25, 0.3) is 0 Å². The van der Waals surface area contributed by atoms with Crippen molar-refractivity contribution in [3.63, 3.8) is 0 Å². The van der Waals surface area contributed by atoms with E-state index in [1.807, 2.05) is 0 Å². The van der Waals surface area contributed by atoms with Gasteiger partial charge in [-0.05, 0) is 0 Å². The number of rotatable bonds is 5. The molecule has 0 bridgehead atoms. The fourth-order valence-corrected chi connectivity index (χ4v) is 0.630. The monoisotopic (exact) mass is 210 g/mol. The summed E-state index contributed by atoms with van der Waals surface area (Å²) in [5.74, 6) is -0.262. The van der Waals surface area contributed by atoms with Gasteiger partial charge in [-0.1, -0.05) is 15.9 Å². The molecule has 0 radical (unpaired) electrons. The summed E-state index contributed by atoms with van der Waals surface area (Å²) in [7, 11) is 0. The number of hydrogen-bond donors (Lipinski definition) is 0. The van der Waals surface area contributed by atoms with Crippen LogP contribution in [-0.4, -0.2) is 31.1 Å². The molecule has 60 valence electrons. The lowest BCUT2D eigenvalue weighted by atomic mass is 10.7. The van der Waals surface area contributed by atoms with Crippen LogP contribution in [0.1, 0.15) is 6.92 Å². The normalized spacial score (nSPS) is 9.40. The molecule has 0 aliphatic heterocycles. The van der Waals surface area contributed by atoms with Crippen LogP contribution in [0, 0.1) is 0 Å². The summed E-state index contributed by atoms with van der Waals surface area (Å²) >= 11 is 3.20. The highest BCUT2D eigenvalue weighted by atomic mass is 79.9. The summed E-state index contributed by atoms with van der Waals surface area (Å²) in [5.41, 5.74) is 0. The summed E-state index contributed by atoms with van der Waals surface area (Å²) in [6.45, 7) is 2.86. The Balaban J connectivity index is 2.84. The number of hydrogen-bond acceptors (Lipinski definition) is 3. The quantitative estimate of drug-likeness (QED) is 0.386. The van der Waals surface area contributed by atoms with Gasteiger partial charge in [-0.25, -0.2) is 0 Å². The van der Waals surface area contributed by atoms with Crippen LogP contribution in [0.5, 0.6) is 0 Å². The highest BCUT2D eigenvalue weighted by Gasteiger charge is 1.90. The third kappa shape index (κ3) is 7.91. The first-order valence-electron chi connectivity index (χ1n) is 3.04. The predicted molar refractivity (Wildman–Crippen MR) is 41.2 cm³/mol. The SMILES string of the molecule is CC(=O)OCCOCCBr. The largest absolute Gasteiger partial charge is 0.463 e. The number of alkyl halides is 1. The lowest BCUT2D eigenvalue weighted by molar-refractivity contribution is -0.142. The van der Waals surface area contributed by atoms with Gasteiger partial charge < -0.3 is 9.47 Å². The summed E-state index contributed by atoms with van der Waals surface area (Å²) in [6, 6.07) is 0. The Bertz CT molecular complexity index is 95.0. The van der Waals surface area contributed by atoms with Gasteiger partial charge in [0.15, 0.2) is 0 Å². The van der Waals surface area contributed by atoms with Gasteiger partial charge >= 0.3 is 5.97 Å². The third-order valence-electron chi connectivity index (χ3n) is 0.754.